The summed E-state index contributed by atoms with van der Waals surface area (Å²) in [5, 5.41) is 5.96. The molecule has 8 heteroatoms. The van der Waals surface area contributed by atoms with Crippen molar-refractivity contribution in [1.29, 1.82) is 0 Å². The maximum absolute atomic E-state index is 13.4. The molecule has 1 atom stereocenters. The molecule has 0 bridgehead atoms. The Hall–Kier alpha value is -2.97. The molecule has 2 aromatic rings. The third kappa shape index (κ3) is 5.87. The van der Waals surface area contributed by atoms with E-state index in [2.05, 4.69) is 25.4 Å². The molecule has 3 amide bonds. The number of urea groups is 1. The van der Waals surface area contributed by atoms with Gasteiger partial charge in [0.05, 0.1) is 16.9 Å². The van der Waals surface area contributed by atoms with E-state index in [0.717, 1.165) is 25.6 Å². The Morgan fingerprint density at radius 3 is 2.72 bits per heavy atom. The van der Waals surface area contributed by atoms with E-state index in [0.29, 0.717) is 29.3 Å². The number of piperidine rings is 1. The second-order valence-electron chi connectivity index (χ2n) is 10.3. The number of likely N-dealkylation sites (tertiary alicyclic amines) is 2. The Bertz CT molecular complexity index is 1050. The Kier molecular flexibility index (Phi) is 8.13. The normalized spacial score (nSPS) is 20.4. The average molecular weight is 491 g/mol. The van der Waals surface area contributed by atoms with Gasteiger partial charge in [-0.15, -0.1) is 0 Å². The molecule has 3 aliphatic heterocycles. The van der Waals surface area contributed by atoms with Crippen LogP contribution in [0.4, 0.5) is 22.0 Å². The third-order valence-corrected chi connectivity index (χ3v) is 7.68. The van der Waals surface area contributed by atoms with Crippen LogP contribution in [0.25, 0.3) is 0 Å². The zero-order valence-corrected chi connectivity index (χ0v) is 21.1. The summed E-state index contributed by atoms with van der Waals surface area (Å²) >= 11 is 0. The van der Waals surface area contributed by atoms with Crippen molar-refractivity contribution in [1.82, 2.24) is 20.1 Å². The van der Waals surface area contributed by atoms with Crippen molar-refractivity contribution in [2.24, 2.45) is 5.92 Å². The van der Waals surface area contributed by atoms with Gasteiger partial charge in [0.25, 0.3) is 5.91 Å². The fourth-order valence-electron chi connectivity index (χ4n) is 5.81. The molecule has 0 spiro atoms. The summed E-state index contributed by atoms with van der Waals surface area (Å²) in [4.78, 5) is 37.2. The number of rotatable bonds is 8. The van der Waals surface area contributed by atoms with Gasteiger partial charge in [0.1, 0.15) is 0 Å². The van der Waals surface area contributed by atoms with Crippen molar-refractivity contribution in [3.05, 3.63) is 48.2 Å². The van der Waals surface area contributed by atoms with E-state index < -0.39 is 0 Å². The maximum atomic E-state index is 13.4. The summed E-state index contributed by atoms with van der Waals surface area (Å²) < 4.78 is 0. The summed E-state index contributed by atoms with van der Waals surface area (Å²) in [5.74, 6) is 0.953. The largest absolute Gasteiger partial charge is 0.336 e. The lowest BCUT2D eigenvalue weighted by molar-refractivity contribution is 0.102. The first-order chi connectivity index (χ1) is 17.7. The number of hydrogen-bond donors (Lipinski definition) is 2. The van der Waals surface area contributed by atoms with Crippen LogP contribution in [0.2, 0.25) is 0 Å². The number of anilines is 3. The van der Waals surface area contributed by atoms with Gasteiger partial charge < -0.3 is 20.4 Å². The number of benzene rings is 1. The smallest absolute Gasteiger partial charge is 0.327 e. The van der Waals surface area contributed by atoms with Crippen LogP contribution >= 0.6 is 0 Å². The molecule has 3 aliphatic rings. The monoisotopic (exact) mass is 490 g/mol. The average Bonchev–Trinajstić information content (AvgIpc) is 3.38. The standard InChI is InChI=1S/C28H38N6O2/c35-27-23-11-1-2-13-25(23)34(26-24(31-27)12-7-14-29-26)28(36)30-15-20-33-19-8-10-22(21-33)9-3-4-16-32-17-5-6-18-32/h1-2,7,11-14,22H,3-6,8-10,15-21H2,(H,30,36)(H,31,35). The highest BCUT2D eigenvalue weighted by molar-refractivity contribution is 6.16. The molecule has 0 saturated carbocycles. The van der Waals surface area contributed by atoms with Crippen LogP contribution in [0.3, 0.4) is 0 Å². The highest BCUT2D eigenvalue weighted by Gasteiger charge is 2.30. The van der Waals surface area contributed by atoms with Gasteiger partial charge in [-0.1, -0.05) is 18.6 Å². The van der Waals surface area contributed by atoms with E-state index in [-0.39, 0.29) is 11.9 Å². The molecular weight excluding hydrogens is 452 g/mol. The summed E-state index contributed by atoms with van der Waals surface area (Å²) in [6.45, 7) is 7.45. The lowest BCUT2D eigenvalue weighted by atomic mass is 9.92. The van der Waals surface area contributed by atoms with Crippen LogP contribution in [0.15, 0.2) is 42.6 Å². The van der Waals surface area contributed by atoms with Crippen LogP contribution in [0.5, 0.6) is 0 Å². The molecule has 1 aromatic heterocycles. The molecule has 36 heavy (non-hydrogen) atoms. The number of hydrogen-bond acceptors (Lipinski definition) is 5. The molecule has 0 radical (unpaired) electrons. The summed E-state index contributed by atoms with van der Waals surface area (Å²) in [6.07, 6.45) is 10.9. The van der Waals surface area contributed by atoms with E-state index in [1.54, 1.807) is 36.5 Å². The van der Waals surface area contributed by atoms with E-state index in [1.165, 1.54) is 69.5 Å². The molecule has 4 heterocycles. The van der Waals surface area contributed by atoms with Gasteiger partial charge in [-0.2, -0.15) is 0 Å². The van der Waals surface area contributed by atoms with Gasteiger partial charge in [-0.25, -0.2) is 14.7 Å². The van der Waals surface area contributed by atoms with Crippen molar-refractivity contribution in [3.63, 3.8) is 0 Å². The molecule has 2 saturated heterocycles. The third-order valence-electron chi connectivity index (χ3n) is 7.68. The number of fused-ring (bicyclic) bond motifs is 2. The fraction of sp³-hybridized carbons (Fsp3) is 0.536. The number of aromatic nitrogens is 1. The fourth-order valence-corrected chi connectivity index (χ4v) is 5.81. The molecule has 192 valence electrons. The predicted molar refractivity (Wildman–Crippen MR) is 143 cm³/mol. The number of nitrogens with zero attached hydrogens (tertiary/aromatic N) is 4. The molecule has 8 nitrogen and oxygen atoms in total. The second kappa shape index (κ2) is 11.8. The number of carbonyl (C=O) groups excluding carboxylic acids is 2. The first-order valence-corrected chi connectivity index (χ1v) is 13.6. The minimum Gasteiger partial charge on any atom is -0.336 e. The number of amides is 3. The Morgan fingerprint density at radius 1 is 1.00 bits per heavy atom. The number of carbonyl (C=O) groups is 2. The van der Waals surface area contributed by atoms with Crippen molar-refractivity contribution in [3.8, 4) is 0 Å². The van der Waals surface area contributed by atoms with Gasteiger partial charge in [0, 0.05) is 25.8 Å². The Balaban J connectivity index is 1.13. The van der Waals surface area contributed by atoms with Gasteiger partial charge in [-0.05, 0) is 94.9 Å². The van der Waals surface area contributed by atoms with Gasteiger partial charge in [0.2, 0.25) is 0 Å². The number of unbranched alkanes of at least 4 members (excludes halogenated alkanes) is 1. The minimum atomic E-state index is -0.269. The molecule has 2 N–H and O–H groups in total. The van der Waals surface area contributed by atoms with E-state index in [1.807, 2.05) is 6.07 Å². The van der Waals surface area contributed by atoms with Crippen LogP contribution in [0, 0.1) is 5.92 Å². The molecular formula is C28H38N6O2. The number of nitrogens with one attached hydrogen (secondary N) is 2. The maximum Gasteiger partial charge on any atom is 0.327 e. The first-order valence-electron chi connectivity index (χ1n) is 13.6. The first kappa shape index (κ1) is 24.7. The SMILES string of the molecule is O=C1Nc2cccnc2N(C(=O)NCCN2CCCC(CCCCN3CCCC3)C2)c2ccccc21. The molecule has 5 rings (SSSR count). The zero-order valence-electron chi connectivity index (χ0n) is 21.1. The lowest BCUT2D eigenvalue weighted by Crippen LogP contribution is -2.44. The second-order valence-corrected chi connectivity index (χ2v) is 10.3. The number of para-hydroxylation sites is 1. The Morgan fingerprint density at radius 2 is 1.83 bits per heavy atom. The van der Waals surface area contributed by atoms with Gasteiger partial charge in [-0.3, -0.25) is 4.79 Å². The quantitative estimate of drug-likeness (QED) is 0.534. The zero-order chi connectivity index (χ0) is 24.7. The van der Waals surface area contributed by atoms with Crippen molar-refractivity contribution >= 4 is 29.1 Å². The van der Waals surface area contributed by atoms with Gasteiger partial charge in [0.15, 0.2) is 5.82 Å². The Labute approximate surface area is 214 Å². The lowest BCUT2D eigenvalue weighted by Gasteiger charge is -2.33. The van der Waals surface area contributed by atoms with E-state index in [4.69, 9.17) is 0 Å². The van der Waals surface area contributed by atoms with Crippen molar-refractivity contribution < 1.29 is 9.59 Å². The molecule has 0 aliphatic carbocycles. The highest BCUT2D eigenvalue weighted by Crippen LogP contribution is 2.36. The van der Waals surface area contributed by atoms with Crippen LogP contribution < -0.4 is 15.5 Å². The van der Waals surface area contributed by atoms with Crippen LogP contribution in [0.1, 0.15) is 55.3 Å². The van der Waals surface area contributed by atoms with E-state index >= 15 is 0 Å². The molecule has 1 aromatic carbocycles. The molecule has 2 fully saturated rings. The van der Waals surface area contributed by atoms with E-state index in [9.17, 15) is 9.59 Å². The predicted octanol–water partition coefficient (Wildman–Crippen LogP) is 4.47. The summed E-state index contributed by atoms with van der Waals surface area (Å²) in [5.41, 5.74) is 1.52. The number of pyridine rings is 1. The van der Waals surface area contributed by atoms with Gasteiger partial charge >= 0.3 is 6.03 Å². The van der Waals surface area contributed by atoms with Crippen molar-refractivity contribution in [2.75, 3.05) is 56.0 Å². The molecule has 1 unspecified atom stereocenters. The topological polar surface area (TPSA) is 80.8 Å². The summed E-state index contributed by atoms with van der Waals surface area (Å²) in [7, 11) is 0. The summed E-state index contributed by atoms with van der Waals surface area (Å²) in [6, 6.07) is 10.4. The van der Waals surface area contributed by atoms with Crippen molar-refractivity contribution in [2.45, 2.75) is 44.9 Å². The minimum absolute atomic E-state index is 0.241. The van der Waals surface area contributed by atoms with Crippen LogP contribution in [-0.2, 0) is 0 Å². The highest BCUT2D eigenvalue weighted by atomic mass is 16.2. The van der Waals surface area contributed by atoms with Crippen LogP contribution in [-0.4, -0.2) is 72.5 Å².